The summed E-state index contributed by atoms with van der Waals surface area (Å²) in [6.45, 7) is 28.5. The van der Waals surface area contributed by atoms with E-state index in [9.17, 15) is 0 Å². The number of nitrogens with zero attached hydrogens (tertiary/aromatic N) is 3. The van der Waals surface area contributed by atoms with Crippen LogP contribution in [-0.2, 0) is 21.1 Å². The van der Waals surface area contributed by atoms with Crippen molar-refractivity contribution in [3.05, 3.63) is 16.0 Å². The molecular weight excluding hydrogens is 565 g/mol. The van der Waals surface area contributed by atoms with Crippen LogP contribution in [0.4, 0.5) is 0 Å². The molecule has 1 N–H and O–H groups in total. The number of hydrogen-bond donors (Lipinski definition) is 1. The monoisotopic (exact) mass is 640 g/mol. The zero-order valence-electron chi connectivity index (χ0n) is 20.5. The molecule has 0 saturated carbocycles. The molecule has 0 saturated heterocycles. The minimum absolute atomic E-state index is 0. The van der Waals surface area contributed by atoms with E-state index in [0.29, 0.717) is 5.92 Å². The van der Waals surface area contributed by atoms with Gasteiger partial charge in [0, 0.05) is 27.7 Å². The number of aliphatic hydroxyl groups is 1. The van der Waals surface area contributed by atoms with Gasteiger partial charge in [-0.05, 0) is 5.92 Å². The number of aliphatic hydroxyl groups excluding tert-OH is 1. The maximum absolute atomic E-state index is 8.78. The quantitative estimate of drug-likeness (QED) is 0.238. The van der Waals surface area contributed by atoms with E-state index in [1.165, 1.54) is 0 Å². The van der Waals surface area contributed by atoms with Gasteiger partial charge in [-0.1, -0.05) is 126 Å². The molecule has 0 heterocycles. The van der Waals surface area contributed by atoms with Crippen LogP contribution in [-0.4, -0.2) is 51.5 Å². The second-order valence-corrected chi connectivity index (χ2v) is 4.15. The standard InChI is InChI=1S/C11H24N3O.5C2H6.5CH4.Pt/c1-10(6-12-3)7-13-4-5-14-8-11(2)9-15;5*1-2;;;;;;/h10-11,15H,4-9H2,1-3H3;5*1-2H3;5*1H4;/q-3;;;;;;;;;;;/t10-,11-;;;;;;;;;;;/m1.........../s1. The van der Waals surface area contributed by atoms with E-state index >= 15 is 0 Å². The second-order valence-electron chi connectivity index (χ2n) is 4.15. The molecule has 0 radical (unpaired) electrons. The van der Waals surface area contributed by atoms with Crippen molar-refractivity contribution in [1.29, 1.82) is 0 Å². The average Bonchev–Trinajstić information content (AvgIpc) is 2.72. The van der Waals surface area contributed by atoms with Crippen LogP contribution in [0.3, 0.4) is 0 Å². The van der Waals surface area contributed by atoms with Gasteiger partial charge < -0.3 is 21.1 Å². The summed E-state index contributed by atoms with van der Waals surface area (Å²) in [4.78, 5) is 0. The fourth-order valence-corrected chi connectivity index (χ4v) is 1.19. The Morgan fingerprint density at radius 3 is 1.03 bits per heavy atom. The Bertz CT molecular complexity index is 144. The van der Waals surface area contributed by atoms with Gasteiger partial charge >= 0.3 is 0 Å². The first-order valence-corrected chi connectivity index (χ1v) is 10.6. The molecule has 5 heteroatoms. The van der Waals surface area contributed by atoms with Gasteiger partial charge in [0.15, 0.2) is 0 Å². The van der Waals surface area contributed by atoms with Gasteiger partial charge in [-0.3, -0.25) is 0 Å². The number of hydrogen-bond acceptors (Lipinski definition) is 1. The minimum Gasteiger partial charge on any atom is -0.665 e. The van der Waals surface area contributed by atoms with Crippen molar-refractivity contribution < 1.29 is 26.2 Å². The normalized spacial score (nSPS) is 8.32. The second kappa shape index (κ2) is 110. The maximum Gasteiger partial charge on any atom is 0.0440 e. The van der Waals surface area contributed by atoms with Crippen LogP contribution in [0, 0.1) is 11.8 Å². The first-order chi connectivity index (χ1) is 12.2. The summed E-state index contributed by atoms with van der Waals surface area (Å²) in [5, 5.41) is 21.6. The maximum atomic E-state index is 8.78. The predicted octanol–water partition coefficient (Wildman–Crippen LogP) is 10.3. The summed E-state index contributed by atoms with van der Waals surface area (Å²) in [7, 11) is 1.84. The first kappa shape index (κ1) is 77.1. The Morgan fingerprint density at radius 1 is 0.548 bits per heavy atom. The van der Waals surface area contributed by atoms with Gasteiger partial charge in [0.25, 0.3) is 0 Å². The largest absolute Gasteiger partial charge is 0.665 e. The zero-order chi connectivity index (χ0) is 21.5. The Labute approximate surface area is 220 Å². The van der Waals surface area contributed by atoms with Crippen LogP contribution in [0.5, 0.6) is 0 Å². The van der Waals surface area contributed by atoms with E-state index in [1.54, 1.807) is 0 Å². The fourth-order valence-electron chi connectivity index (χ4n) is 1.19. The summed E-state index contributed by atoms with van der Waals surface area (Å²) in [5.74, 6) is 0.828. The molecule has 0 unspecified atom stereocenters. The summed E-state index contributed by atoms with van der Waals surface area (Å²) in [6.07, 6.45) is 0. The van der Waals surface area contributed by atoms with Gasteiger partial charge in [0.05, 0.1) is 0 Å². The van der Waals surface area contributed by atoms with Crippen molar-refractivity contribution in [2.75, 3.05) is 46.4 Å². The third-order valence-electron chi connectivity index (χ3n) is 2.10. The summed E-state index contributed by atoms with van der Waals surface area (Å²) in [6, 6.07) is 0. The van der Waals surface area contributed by atoms with Crippen molar-refractivity contribution in [1.82, 2.24) is 0 Å². The molecule has 4 nitrogen and oxygen atoms in total. The van der Waals surface area contributed by atoms with Gasteiger partial charge in [-0.25, -0.2) is 0 Å². The van der Waals surface area contributed by atoms with Crippen molar-refractivity contribution in [3.8, 4) is 0 Å². The van der Waals surface area contributed by atoms with Crippen LogP contribution in [0.15, 0.2) is 0 Å². The van der Waals surface area contributed by atoms with E-state index in [0.717, 1.165) is 32.7 Å². The van der Waals surface area contributed by atoms with E-state index in [-0.39, 0.29) is 70.7 Å². The van der Waals surface area contributed by atoms with Crippen molar-refractivity contribution >= 4 is 0 Å². The zero-order valence-corrected chi connectivity index (χ0v) is 22.8. The SMILES string of the molecule is C.C.C.C.C.CC.CC.CC.CC.CC.C[N-]C[C@@H](C)C[N-]CC[N-]C[C@@H](C)CO.[Pt]. The summed E-state index contributed by atoms with van der Waals surface area (Å²) >= 11 is 0. The molecule has 0 rings (SSSR count). The van der Waals surface area contributed by atoms with Crippen LogP contribution in [0.2, 0.25) is 0 Å². The first-order valence-electron chi connectivity index (χ1n) is 10.6. The van der Waals surface area contributed by atoms with Gasteiger partial charge in [0.1, 0.15) is 0 Å². The molecule has 31 heavy (non-hydrogen) atoms. The van der Waals surface area contributed by atoms with E-state index < -0.39 is 0 Å². The Hall–Kier alpha value is 0.528. The average molecular weight is 640 g/mol. The number of rotatable bonds is 10. The van der Waals surface area contributed by atoms with E-state index in [4.69, 9.17) is 5.11 Å². The van der Waals surface area contributed by atoms with Gasteiger partial charge in [-0.15, -0.1) is 19.6 Å². The third kappa shape index (κ3) is 118. The van der Waals surface area contributed by atoms with Gasteiger partial charge in [0.2, 0.25) is 0 Å². The van der Waals surface area contributed by atoms with Crippen molar-refractivity contribution in [3.63, 3.8) is 0 Å². The van der Waals surface area contributed by atoms with Crippen LogP contribution >= 0.6 is 0 Å². The molecule has 0 amide bonds. The molecule has 2 atom stereocenters. The van der Waals surface area contributed by atoms with Gasteiger partial charge in [-0.2, -0.15) is 20.1 Å². The predicted molar refractivity (Wildman–Crippen MR) is 156 cm³/mol. The van der Waals surface area contributed by atoms with Crippen LogP contribution in [0.1, 0.15) is 120 Å². The molecule has 0 aromatic heterocycles. The molecule has 0 aromatic carbocycles. The molecule has 0 aromatic rings. The van der Waals surface area contributed by atoms with E-state index in [2.05, 4.69) is 22.9 Å². The fraction of sp³-hybridized carbons (Fsp3) is 1.00. The molecule has 0 aliphatic rings. The molecule has 0 spiro atoms. The summed E-state index contributed by atoms with van der Waals surface area (Å²) < 4.78 is 0. The summed E-state index contributed by atoms with van der Waals surface area (Å²) in [5.41, 5.74) is 0. The van der Waals surface area contributed by atoms with Crippen molar-refractivity contribution in [2.45, 2.75) is 120 Å². The molecule has 212 valence electrons. The van der Waals surface area contributed by atoms with Crippen LogP contribution in [0.25, 0.3) is 16.0 Å². The Kier molecular flexibility index (Phi) is 274. The topological polar surface area (TPSA) is 62.5 Å². The molecule has 0 aliphatic carbocycles. The smallest absolute Gasteiger partial charge is 0.0440 e. The Morgan fingerprint density at radius 2 is 0.806 bits per heavy atom. The molecular formula is C26H74N3OPt-3. The third-order valence-corrected chi connectivity index (χ3v) is 2.10. The Balaban J connectivity index is -0.0000000199. The van der Waals surface area contributed by atoms with E-state index in [1.807, 2.05) is 83.2 Å². The molecule has 0 bridgehead atoms. The van der Waals surface area contributed by atoms with Crippen LogP contribution < -0.4 is 0 Å². The van der Waals surface area contributed by atoms with Crippen molar-refractivity contribution in [2.24, 2.45) is 11.8 Å². The molecule has 0 aliphatic heterocycles. The minimum atomic E-state index is 0. The molecule has 0 fully saturated rings.